The van der Waals surface area contributed by atoms with Crippen molar-refractivity contribution in [2.45, 2.75) is 17.9 Å². The molecule has 23 heavy (non-hydrogen) atoms. The monoisotopic (exact) mass is 298 g/mol. The molecule has 1 nitrogen and oxygen atoms in total. The maximum absolute atomic E-state index is 6.53. The summed E-state index contributed by atoms with van der Waals surface area (Å²) in [7, 11) is 0. The Kier molecular flexibility index (Phi) is 2.66. The van der Waals surface area contributed by atoms with E-state index in [1.807, 2.05) is 0 Å². The molecule has 1 aliphatic heterocycles. The van der Waals surface area contributed by atoms with E-state index in [0.717, 1.165) is 12.2 Å². The number of ether oxygens (including phenoxy) is 1. The van der Waals surface area contributed by atoms with Gasteiger partial charge in [-0.25, -0.2) is 0 Å². The summed E-state index contributed by atoms with van der Waals surface area (Å²) in [6.07, 6.45) is 1.09. The van der Waals surface area contributed by atoms with Crippen LogP contribution in [-0.2, 0) is 5.60 Å². The van der Waals surface area contributed by atoms with Crippen molar-refractivity contribution in [2.24, 2.45) is 5.92 Å². The van der Waals surface area contributed by atoms with Crippen molar-refractivity contribution < 1.29 is 4.74 Å². The molecule has 1 aliphatic carbocycles. The van der Waals surface area contributed by atoms with Gasteiger partial charge in [0, 0.05) is 17.4 Å². The van der Waals surface area contributed by atoms with Crippen molar-refractivity contribution in [1.29, 1.82) is 0 Å². The Bertz CT molecular complexity index is 840. The molecule has 0 N–H and O–H groups in total. The average Bonchev–Trinajstić information content (AvgIpc) is 3.36. The van der Waals surface area contributed by atoms with Crippen molar-refractivity contribution in [3.8, 4) is 5.75 Å². The van der Waals surface area contributed by atoms with Crippen molar-refractivity contribution in [3.05, 3.63) is 102 Å². The molecule has 0 aromatic heterocycles. The molecule has 1 fully saturated rings. The first kappa shape index (κ1) is 13.0. The van der Waals surface area contributed by atoms with Gasteiger partial charge in [-0.1, -0.05) is 78.9 Å². The van der Waals surface area contributed by atoms with Gasteiger partial charge < -0.3 is 4.74 Å². The molecular formula is C22H18O. The number of benzene rings is 3. The molecule has 3 aromatic rings. The van der Waals surface area contributed by atoms with Crippen LogP contribution in [0.1, 0.15) is 29.0 Å². The fraction of sp³-hybridized carbons (Fsp3) is 0.182. The SMILES string of the molecule is c1ccc([C@H]2c3ccccc3O[C@]3(c4ccccc4)C[C@H]23)cc1. The minimum absolute atomic E-state index is 0.143. The lowest BCUT2D eigenvalue weighted by molar-refractivity contribution is 0.139. The van der Waals surface area contributed by atoms with Crippen LogP contribution in [0, 0.1) is 5.92 Å². The fourth-order valence-corrected chi connectivity index (χ4v) is 4.20. The van der Waals surface area contributed by atoms with Gasteiger partial charge >= 0.3 is 0 Å². The zero-order chi connectivity index (χ0) is 15.3. The van der Waals surface area contributed by atoms with Gasteiger partial charge in [0.25, 0.3) is 0 Å². The molecule has 0 radical (unpaired) electrons. The van der Waals surface area contributed by atoms with E-state index in [0.29, 0.717) is 11.8 Å². The van der Waals surface area contributed by atoms with Gasteiger partial charge in [-0.05, 0) is 23.6 Å². The predicted octanol–water partition coefficient (Wildman–Crippen LogP) is 5.13. The van der Waals surface area contributed by atoms with E-state index in [-0.39, 0.29) is 5.60 Å². The normalized spacial score (nSPS) is 27.5. The van der Waals surface area contributed by atoms with E-state index in [1.165, 1.54) is 16.7 Å². The second kappa shape index (κ2) is 4.73. The van der Waals surface area contributed by atoms with Crippen LogP contribution in [0.15, 0.2) is 84.9 Å². The van der Waals surface area contributed by atoms with Crippen LogP contribution in [0.4, 0.5) is 0 Å². The van der Waals surface area contributed by atoms with Gasteiger partial charge in [0.2, 0.25) is 0 Å². The van der Waals surface area contributed by atoms with Crippen molar-refractivity contribution in [1.82, 2.24) is 0 Å². The van der Waals surface area contributed by atoms with Crippen LogP contribution in [-0.4, -0.2) is 0 Å². The summed E-state index contributed by atoms with van der Waals surface area (Å²) < 4.78 is 6.53. The standard InChI is InChI=1S/C22H18O/c1-3-9-16(10-4-1)21-18-13-7-8-14-20(18)23-22(15-19(21)22)17-11-5-2-6-12-17/h1-14,19,21H,15H2/t19-,21+,22+/m1/s1. The first-order valence-electron chi connectivity index (χ1n) is 8.27. The van der Waals surface area contributed by atoms with Crippen LogP contribution in [0.2, 0.25) is 0 Å². The first-order chi connectivity index (χ1) is 11.4. The number of para-hydroxylation sites is 1. The van der Waals surface area contributed by atoms with Crippen molar-refractivity contribution >= 4 is 0 Å². The topological polar surface area (TPSA) is 9.23 Å². The van der Waals surface area contributed by atoms with Gasteiger partial charge in [-0.2, -0.15) is 0 Å². The highest BCUT2D eigenvalue weighted by molar-refractivity contribution is 5.51. The molecule has 3 aromatic carbocycles. The average molecular weight is 298 g/mol. The van der Waals surface area contributed by atoms with E-state index in [1.54, 1.807) is 0 Å². The van der Waals surface area contributed by atoms with Crippen LogP contribution >= 0.6 is 0 Å². The van der Waals surface area contributed by atoms with Crippen LogP contribution in [0.5, 0.6) is 5.75 Å². The van der Waals surface area contributed by atoms with Gasteiger partial charge in [-0.3, -0.25) is 0 Å². The number of hydrogen-bond donors (Lipinski definition) is 0. The van der Waals surface area contributed by atoms with Gasteiger partial charge in [-0.15, -0.1) is 0 Å². The van der Waals surface area contributed by atoms with Crippen molar-refractivity contribution in [3.63, 3.8) is 0 Å². The fourth-order valence-electron chi connectivity index (χ4n) is 4.20. The second-order valence-electron chi connectivity index (χ2n) is 6.59. The van der Waals surface area contributed by atoms with Crippen LogP contribution in [0.25, 0.3) is 0 Å². The summed E-state index contributed by atoms with van der Waals surface area (Å²) in [5.74, 6) is 1.97. The minimum Gasteiger partial charge on any atom is -0.482 e. The molecule has 1 saturated carbocycles. The first-order valence-corrected chi connectivity index (χ1v) is 8.27. The molecule has 0 spiro atoms. The highest BCUT2D eigenvalue weighted by Gasteiger charge is 2.64. The molecule has 0 saturated heterocycles. The maximum atomic E-state index is 6.53. The van der Waals surface area contributed by atoms with Gasteiger partial charge in [0.05, 0.1) is 0 Å². The molecule has 0 amide bonds. The summed E-state index contributed by atoms with van der Waals surface area (Å²) in [5.41, 5.74) is 3.88. The number of rotatable bonds is 2. The van der Waals surface area contributed by atoms with Crippen LogP contribution in [0.3, 0.4) is 0 Å². The third kappa shape index (κ3) is 1.86. The highest BCUT2D eigenvalue weighted by Crippen LogP contribution is 2.66. The maximum Gasteiger partial charge on any atom is 0.138 e. The summed E-state index contributed by atoms with van der Waals surface area (Å²) in [4.78, 5) is 0. The molecular weight excluding hydrogens is 280 g/mol. The summed E-state index contributed by atoms with van der Waals surface area (Å²) in [6, 6.07) is 30.1. The highest BCUT2D eigenvalue weighted by atomic mass is 16.5. The van der Waals surface area contributed by atoms with Gasteiger partial charge in [0.1, 0.15) is 11.4 Å². The zero-order valence-corrected chi connectivity index (χ0v) is 12.9. The third-order valence-electron chi connectivity index (χ3n) is 5.33. The Morgan fingerprint density at radius 1 is 0.739 bits per heavy atom. The van der Waals surface area contributed by atoms with E-state index in [4.69, 9.17) is 4.74 Å². The molecule has 1 heteroatoms. The van der Waals surface area contributed by atoms with Crippen LogP contribution < -0.4 is 4.74 Å². The van der Waals surface area contributed by atoms with E-state index >= 15 is 0 Å². The summed E-state index contributed by atoms with van der Waals surface area (Å²) in [6.45, 7) is 0. The smallest absolute Gasteiger partial charge is 0.138 e. The predicted molar refractivity (Wildman–Crippen MR) is 91.6 cm³/mol. The summed E-state index contributed by atoms with van der Waals surface area (Å²) in [5, 5.41) is 0. The molecule has 112 valence electrons. The molecule has 3 atom stereocenters. The van der Waals surface area contributed by atoms with E-state index in [2.05, 4.69) is 84.9 Å². The molecule has 1 heterocycles. The number of fused-ring (bicyclic) bond motifs is 2. The zero-order valence-electron chi connectivity index (χ0n) is 12.9. The Morgan fingerprint density at radius 3 is 2.17 bits per heavy atom. The molecule has 5 rings (SSSR count). The number of hydrogen-bond acceptors (Lipinski definition) is 1. The Hall–Kier alpha value is -2.54. The minimum atomic E-state index is -0.143. The summed E-state index contributed by atoms with van der Waals surface area (Å²) >= 11 is 0. The molecule has 0 unspecified atom stereocenters. The second-order valence-corrected chi connectivity index (χ2v) is 6.59. The van der Waals surface area contributed by atoms with E-state index in [9.17, 15) is 0 Å². The van der Waals surface area contributed by atoms with Crippen molar-refractivity contribution in [2.75, 3.05) is 0 Å². The Balaban J connectivity index is 1.67. The quantitative estimate of drug-likeness (QED) is 0.637. The van der Waals surface area contributed by atoms with E-state index < -0.39 is 0 Å². The lowest BCUT2D eigenvalue weighted by Crippen LogP contribution is -2.27. The molecule has 2 aliphatic rings. The third-order valence-corrected chi connectivity index (χ3v) is 5.33. The Labute approximate surface area is 136 Å². The van der Waals surface area contributed by atoms with Gasteiger partial charge in [0.15, 0.2) is 0 Å². The largest absolute Gasteiger partial charge is 0.482 e. The Morgan fingerprint density at radius 2 is 1.39 bits per heavy atom. The molecule has 0 bridgehead atoms. The lowest BCUT2D eigenvalue weighted by atomic mass is 9.82. The lowest BCUT2D eigenvalue weighted by Gasteiger charge is -2.32.